The number of hydrogen-bond acceptors (Lipinski definition) is 4. The predicted octanol–water partition coefficient (Wildman–Crippen LogP) is 1.27. The van der Waals surface area contributed by atoms with Crippen LogP contribution in [0.3, 0.4) is 0 Å². The molecule has 114 valence electrons. The van der Waals surface area contributed by atoms with Gasteiger partial charge >= 0.3 is 0 Å². The highest BCUT2D eigenvalue weighted by Gasteiger charge is 2.13. The van der Waals surface area contributed by atoms with Gasteiger partial charge < -0.3 is 10.5 Å². The predicted molar refractivity (Wildman–Crippen MR) is 71.1 cm³/mol. The summed E-state index contributed by atoms with van der Waals surface area (Å²) in [5.41, 5.74) is 6.49. The maximum atomic E-state index is 11.9. The zero-order chi connectivity index (χ0) is 15.2. The van der Waals surface area contributed by atoms with E-state index in [-0.39, 0.29) is 24.1 Å². The van der Waals surface area contributed by atoms with E-state index in [1.165, 1.54) is 12.1 Å². The monoisotopic (exact) mass is 308 g/mol. The van der Waals surface area contributed by atoms with Crippen LogP contribution in [0, 0.1) is 0 Å². The van der Waals surface area contributed by atoms with E-state index in [0.29, 0.717) is 0 Å². The molecule has 0 aliphatic carbocycles. The molecule has 0 amide bonds. The lowest BCUT2D eigenvalue weighted by atomic mass is 10.1. The lowest BCUT2D eigenvalue weighted by molar-refractivity contribution is 0.0199. The van der Waals surface area contributed by atoms with E-state index in [1.807, 2.05) is 0 Å². The Morgan fingerprint density at radius 2 is 1.90 bits per heavy atom. The van der Waals surface area contributed by atoms with Gasteiger partial charge in [0.05, 0.1) is 11.5 Å². The Labute approximate surface area is 117 Å². The second-order valence-electron chi connectivity index (χ2n) is 4.22. The molecule has 1 unspecified atom stereocenters. The number of sulfonamides is 1. The maximum absolute atomic E-state index is 11.9. The lowest BCUT2D eigenvalue weighted by Gasteiger charge is -2.09. The molecule has 0 spiro atoms. The van der Waals surface area contributed by atoms with Crippen LogP contribution < -0.4 is 10.5 Å². The van der Waals surface area contributed by atoms with E-state index in [0.717, 1.165) is 5.56 Å². The van der Waals surface area contributed by atoms with Crippen molar-refractivity contribution >= 4 is 10.0 Å². The summed E-state index contributed by atoms with van der Waals surface area (Å²) >= 11 is 0. The van der Waals surface area contributed by atoms with Gasteiger partial charge in [-0.15, -0.1) is 0 Å². The molecule has 3 N–H and O–H groups in total. The van der Waals surface area contributed by atoms with Crippen molar-refractivity contribution in [3.63, 3.8) is 0 Å². The van der Waals surface area contributed by atoms with E-state index in [4.69, 9.17) is 5.73 Å². The minimum absolute atomic E-state index is 0.0654. The van der Waals surface area contributed by atoms with Crippen LogP contribution in [0.4, 0.5) is 8.78 Å². The van der Waals surface area contributed by atoms with Crippen LogP contribution in [0.25, 0.3) is 0 Å². The van der Waals surface area contributed by atoms with Crippen molar-refractivity contribution in [2.45, 2.75) is 24.3 Å². The van der Waals surface area contributed by atoms with Crippen molar-refractivity contribution in [3.05, 3.63) is 29.8 Å². The summed E-state index contributed by atoms with van der Waals surface area (Å²) in [6.45, 7) is 0.915. The summed E-state index contributed by atoms with van der Waals surface area (Å²) in [7, 11) is -3.66. The van der Waals surface area contributed by atoms with E-state index in [2.05, 4.69) is 9.46 Å². The summed E-state index contributed by atoms with van der Waals surface area (Å²) in [6.07, 6.45) is -2.56. The largest absolute Gasteiger partial charge is 0.374 e. The van der Waals surface area contributed by atoms with Gasteiger partial charge in [-0.3, -0.25) is 0 Å². The first-order chi connectivity index (χ1) is 9.33. The highest BCUT2D eigenvalue weighted by atomic mass is 32.2. The maximum Gasteiger partial charge on any atom is 0.261 e. The lowest BCUT2D eigenvalue weighted by Crippen LogP contribution is -2.28. The summed E-state index contributed by atoms with van der Waals surface area (Å²) < 4.78 is 54.2. The number of hydrogen-bond donors (Lipinski definition) is 2. The van der Waals surface area contributed by atoms with Crippen molar-refractivity contribution in [2.24, 2.45) is 5.73 Å². The fourth-order valence-corrected chi connectivity index (χ4v) is 2.47. The fourth-order valence-electron chi connectivity index (χ4n) is 1.45. The van der Waals surface area contributed by atoms with Gasteiger partial charge in [0.25, 0.3) is 6.43 Å². The summed E-state index contributed by atoms with van der Waals surface area (Å²) in [6, 6.07) is 5.98. The van der Waals surface area contributed by atoms with Gasteiger partial charge in [0.1, 0.15) is 6.61 Å². The number of benzene rings is 1. The Morgan fingerprint density at radius 1 is 1.30 bits per heavy atom. The molecule has 0 radical (unpaired) electrons. The number of ether oxygens (including phenoxy) is 1. The molecule has 0 bridgehead atoms. The highest BCUT2D eigenvalue weighted by Crippen LogP contribution is 2.14. The molecule has 8 heteroatoms. The smallest absolute Gasteiger partial charge is 0.261 e. The van der Waals surface area contributed by atoms with E-state index in [1.54, 1.807) is 19.1 Å². The molecular formula is C12H18F2N2O3S. The quantitative estimate of drug-likeness (QED) is 0.709. The van der Waals surface area contributed by atoms with Crippen molar-refractivity contribution in [1.82, 2.24) is 4.72 Å². The van der Waals surface area contributed by atoms with Crippen LogP contribution in [-0.2, 0) is 14.8 Å². The molecule has 1 aromatic carbocycles. The van der Waals surface area contributed by atoms with Crippen LogP contribution in [0.1, 0.15) is 18.5 Å². The van der Waals surface area contributed by atoms with E-state index < -0.39 is 23.1 Å². The zero-order valence-electron chi connectivity index (χ0n) is 11.1. The molecule has 1 aromatic rings. The van der Waals surface area contributed by atoms with Crippen LogP contribution in [0.15, 0.2) is 29.2 Å². The SMILES string of the molecule is CC(N)c1ccc(S(=O)(=O)NCCOCC(F)F)cc1. The molecular weight excluding hydrogens is 290 g/mol. The Kier molecular flexibility index (Phi) is 6.47. The van der Waals surface area contributed by atoms with Gasteiger partial charge in [-0.05, 0) is 24.6 Å². The molecule has 0 aromatic heterocycles. The number of rotatable bonds is 8. The standard InChI is InChI=1S/C12H18F2N2O3S/c1-9(15)10-2-4-11(5-3-10)20(17,18)16-6-7-19-8-12(13)14/h2-5,9,12,16H,6-8,15H2,1H3. The first-order valence-electron chi connectivity index (χ1n) is 6.04. The molecule has 20 heavy (non-hydrogen) atoms. The molecule has 0 aliphatic rings. The fraction of sp³-hybridized carbons (Fsp3) is 0.500. The van der Waals surface area contributed by atoms with Gasteiger partial charge in [-0.1, -0.05) is 12.1 Å². The van der Waals surface area contributed by atoms with Crippen LogP contribution in [-0.4, -0.2) is 34.6 Å². The summed E-state index contributed by atoms with van der Waals surface area (Å²) in [5.74, 6) is 0. The van der Waals surface area contributed by atoms with E-state index in [9.17, 15) is 17.2 Å². The van der Waals surface area contributed by atoms with Crippen LogP contribution >= 0.6 is 0 Å². The molecule has 0 aliphatic heterocycles. The molecule has 0 fully saturated rings. The summed E-state index contributed by atoms with van der Waals surface area (Å²) in [5, 5.41) is 0. The molecule has 5 nitrogen and oxygen atoms in total. The second-order valence-corrected chi connectivity index (χ2v) is 5.99. The van der Waals surface area contributed by atoms with Crippen molar-refractivity contribution in [1.29, 1.82) is 0 Å². The molecule has 1 rings (SSSR count). The van der Waals surface area contributed by atoms with Crippen molar-refractivity contribution in [3.8, 4) is 0 Å². The number of nitrogens with two attached hydrogens (primary N) is 1. The molecule has 1 atom stereocenters. The third-order valence-corrected chi connectivity index (χ3v) is 3.98. The molecule has 0 heterocycles. The second kappa shape index (κ2) is 7.63. The van der Waals surface area contributed by atoms with Crippen molar-refractivity contribution < 1.29 is 21.9 Å². The highest BCUT2D eigenvalue weighted by molar-refractivity contribution is 7.89. The van der Waals surface area contributed by atoms with Crippen LogP contribution in [0.5, 0.6) is 0 Å². The number of halogens is 2. The minimum Gasteiger partial charge on any atom is -0.374 e. The zero-order valence-corrected chi connectivity index (χ0v) is 11.9. The average Bonchev–Trinajstić information content (AvgIpc) is 2.38. The Balaban J connectivity index is 2.52. The van der Waals surface area contributed by atoms with E-state index >= 15 is 0 Å². The average molecular weight is 308 g/mol. The van der Waals surface area contributed by atoms with Crippen LogP contribution in [0.2, 0.25) is 0 Å². The third kappa shape index (κ3) is 5.49. The Hall–Kier alpha value is -1.09. The van der Waals surface area contributed by atoms with Gasteiger partial charge in [-0.2, -0.15) is 0 Å². The normalized spacial score (nSPS) is 13.7. The van der Waals surface area contributed by atoms with Gasteiger partial charge in [0, 0.05) is 12.6 Å². The van der Waals surface area contributed by atoms with Gasteiger partial charge in [0.15, 0.2) is 0 Å². The first-order valence-corrected chi connectivity index (χ1v) is 7.52. The molecule has 0 saturated heterocycles. The summed E-state index contributed by atoms with van der Waals surface area (Å²) in [4.78, 5) is 0.0933. The topological polar surface area (TPSA) is 81.4 Å². The first kappa shape index (κ1) is 17.0. The number of alkyl halides is 2. The Morgan fingerprint density at radius 3 is 2.40 bits per heavy atom. The third-order valence-electron chi connectivity index (χ3n) is 2.50. The van der Waals surface area contributed by atoms with Crippen molar-refractivity contribution in [2.75, 3.05) is 19.8 Å². The molecule has 0 saturated carbocycles. The van der Waals surface area contributed by atoms with Gasteiger partial charge in [0.2, 0.25) is 10.0 Å². The van der Waals surface area contributed by atoms with Gasteiger partial charge in [-0.25, -0.2) is 21.9 Å². The Bertz CT molecular complexity index is 504. The minimum atomic E-state index is -3.66. The number of nitrogens with one attached hydrogen (secondary N) is 1.